The highest BCUT2D eigenvalue weighted by Gasteiger charge is 2.30. The van der Waals surface area contributed by atoms with Gasteiger partial charge in [-0.05, 0) is 29.9 Å². The van der Waals surface area contributed by atoms with Crippen LogP contribution in [-0.4, -0.2) is 26.5 Å². The minimum Gasteiger partial charge on any atom is -0.334 e. The van der Waals surface area contributed by atoms with E-state index in [0.29, 0.717) is 6.54 Å². The van der Waals surface area contributed by atoms with Crippen molar-refractivity contribution in [1.82, 2.24) is 14.0 Å². The largest absolute Gasteiger partial charge is 0.334 e. The van der Waals surface area contributed by atoms with Gasteiger partial charge in [-0.2, -0.15) is 0 Å². The number of amides is 1. The van der Waals surface area contributed by atoms with E-state index >= 15 is 0 Å². The number of hydrogen-bond donors (Lipinski definition) is 0. The van der Waals surface area contributed by atoms with E-state index in [2.05, 4.69) is 18.4 Å². The molecule has 3 heterocycles. The topological polar surface area (TPSA) is 64.3 Å². The summed E-state index contributed by atoms with van der Waals surface area (Å²) in [5.74, 6) is -0.0885. The molecule has 1 amide bonds. The average molecular weight is 333 g/mol. The molecule has 3 rings (SSSR count). The molecule has 0 radical (unpaired) electrons. The van der Waals surface area contributed by atoms with Crippen LogP contribution in [0.2, 0.25) is 0 Å². The summed E-state index contributed by atoms with van der Waals surface area (Å²) >= 11 is 1.74. The van der Waals surface area contributed by atoms with E-state index in [1.807, 2.05) is 4.90 Å². The van der Waals surface area contributed by atoms with Crippen molar-refractivity contribution in [3.8, 4) is 0 Å². The standard InChI is InChI=1S/C16H19N3O3S/c1-3-12-11-6-9-23-13(11)4-8-19(12)15(21)10-18-7-5-14(20)17(2)16(18)22/h5-7,9,12H,3-4,8,10H2,1-2H3/t12-/m0/s1. The zero-order valence-electron chi connectivity index (χ0n) is 13.2. The van der Waals surface area contributed by atoms with Crippen LogP contribution in [0.3, 0.4) is 0 Å². The summed E-state index contributed by atoms with van der Waals surface area (Å²) in [5, 5.41) is 2.07. The van der Waals surface area contributed by atoms with Crippen molar-refractivity contribution >= 4 is 17.2 Å². The lowest BCUT2D eigenvalue weighted by Gasteiger charge is -2.35. The Balaban J connectivity index is 1.86. The van der Waals surface area contributed by atoms with Gasteiger partial charge in [0.25, 0.3) is 5.56 Å². The fourth-order valence-corrected chi connectivity index (χ4v) is 4.04. The summed E-state index contributed by atoms with van der Waals surface area (Å²) in [6.07, 6.45) is 3.10. The average Bonchev–Trinajstić information content (AvgIpc) is 3.03. The molecule has 0 aromatic carbocycles. The smallest absolute Gasteiger partial charge is 0.331 e. The third kappa shape index (κ3) is 2.76. The predicted molar refractivity (Wildman–Crippen MR) is 88.7 cm³/mol. The zero-order valence-corrected chi connectivity index (χ0v) is 14.0. The van der Waals surface area contributed by atoms with E-state index in [0.717, 1.165) is 17.4 Å². The van der Waals surface area contributed by atoms with Gasteiger partial charge in [-0.3, -0.25) is 18.7 Å². The van der Waals surface area contributed by atoms with Gasteiger partial charge in [-0.15, -0.1) is 11.3 Å². The first-order valence-electron chi connectivity index (χ1n) is 7.65. The van der Waals surface area contributed by atoms with Gasteiger partial charge in [-0.25, -0.2) is 4.79 Å². The third-order valence-electron chi connectivity index (χ3n) is 4.37. The molecule has 23 heavy (non-hydrogen) atoms. The molecular formula is C16H19N3O3S. The van der Waals surface area contributed by atoms with Crippen LogP contribution in [-0.2, 0) is 24.8 Å². The molecule has 0 unspecified atom stereocenters. The Bertz CT molecular complexity index is 849. The fraction of sp³-hybridized carbons (Fsp3) is 0.438. The van der Waals surface area contributed by atoms with Crippen molar-refractivity contribution in [2.24, 2.45) is 7.05 Å². The maximum absolute atomic E-state index is 12.7. The molecule has 0 N–H and O–H groups in total. The Morgan fingerprint density at radius 3 is 2.87 bits per heavy atom. The number of hydrogen-bond acceptors (Lipinski definition) is 4. The van der Waals surface area contributed by atoms with Crippen molar-refractivity contribution in [2.75, 3.05) is 6.54 Å². The fourth-order valence-electron chi connectivity index (χ4n) is 3.11. The van der Waals surface area contributed by atoms with E-state index in [-0.39, 0.29) is 24.1 Å². The van der Waals surface area contributed by atoms with E-state index < -0.39 is 5.69 Å². The molecule has 1 aliphatic rings. The van der Waals surface area contributed by atoms with Crippen LogP contribution in [0.4, 0.5) is 0 Å². The monoisotopic (exact) mass is 333 g/mol. The number of aromatic nitrogens is 2. The van der Waals surface area contributed by atoms with Crippen LogP contribution in [0, 0.1) is 0 Å². The molecule has 0 saturated carbocycles. The van der Waals surface area contributed by atoms with Crippen LogP contribution in [0.25, 0.3) is 0 Å². The summed E-state index contributed by atoms with van der Waals surface area (Å²) in [6.45, 7) is 2.70. The molecule has 0 fully saturated rings. The number of rotatable bonds is 3. The SMILES string of the molecule is CC[C@H]1c2ccsc2CCN1C(=O)Cn1ccc(=O)n(C)c1=O. The number of fused-ring (bicyclic) bond motifs is 1. The van der Waals surface area contributed by atoms with Crippen molar-refractivity contribution in [3.05, 3.63) is 55.0 Å². The molecule has 1 atom stereocenters. The summed E-state index contributed by atoms with van der Waals surface area (Å²) in [5.41, 5.74) is 0.392. The lowest BCUT2D eigenvalue weighted by molar-refractivity contribution is -0.135. The van der Waals surface area contributed by atoms with Crippen LogP contribution in [0.15, 0.2) is 33.3 Å². The number of thiophene rings is 1. The van der Waals surface area contributed by atoms with Crippen LogP contribution < -0.4 is 11.2 Å². The second-order valence-electron chi connectivity index (χ2n) is 5.68. The summed E-state index contributed by atoms with van der Waals surface area (Å²) in [4.78, 5) is 39.4. The van der Waals surface area contributed by atoms with Crippen molar-refractivity contribution in [2.45, 2.75) is 32.4 Å². The maximum atomic E-state index is 12.7. The molecule has 0 saturated heterocycles. The second kappa shape index (κ2) is 6.16. The molecule has 0 spiro atoms. The van der Waals surface area contributed by atoms with Gasteiger partial charge in [0.15, 0.2) is 0 Å². The van der Waals surface area contributed by atoms with Crippen molar-refractivity contribution in [3.63, 3.8) is 0 Å². The van der Waals surface area contributed by atoms with E-state index in [9.17, 15) is 14.4 Å². The minimum atomic E-state index is -0.466. The van der Waals surface area contributed by atoms with Gasteiger partial charge >= 0.3 is 5.69 Å². The summed E-state index contributed by atoms with van der Waals surface area (Å²) < 4.78 is 2.30. The normalized spacial score (nSPS) is 17.1. The zero-order chi connectivity index (χ0) is 16.6. The highest BCUT2D eigenvalue weighted by molar-refractivity contribution is 7.10. The Kier molecular flexibility index (Phi) is 4.21. The van der Waals surface area contributed by atoms with Crippen molar-refractivity contribution in [1.29, 1.82) is 0 Å². The first-order valence-corrected chi connectivity index (χ1v) is 8.53. The predicted octanol–water partition coefficient (Wildman–Crippen LogP) is 1.14. The molecular weight excluding hydrogens is 314 g/mol. The van der Waals surface area contributed by atoms with Gasteiger partial charge in [-0.1, -0.05) is 6.92 Å². The third-order valence-corrected chi connectivity index (χ3v) is 5.36. The Morgan fingerprint density at radius 2 is 2.13 bits per heavy atom. The van der Waals surface area contributed by atoms with E-state index in [1.165, 1.54) is 34.3 Å². The lowest BCUT2D eigenvalue weighted by Crippen LogP contribution is -2.44. The molecule has 122 valence electrons. The molecule has 6 nitrogen and oxygen atoms in total. The van der Waals surface area contributed by atoms with Crippen molar-refractivity contribution < 1.29 is 4.79 Å². The first kappa shape index (κ1) is 15.7. The molecule has 2 aromatic rings. The highest BCUT2D eigenvalue weighted by atomic mass is 32.1. The number of carbonyl (C=O) groups is 1. The van der Waals surface area contributed by atoms with E-state index in [1.54, 1.807) is 11.3 Å². The second-order valence-corrected chi connectivity index (χ2v) is 6.68. The molecule has 0 bridgehead atoms. The molecule has 7 heteroatoms. The van der Waals surface area contributed by atoms with Crippen LogP contribution >= 0.6 is 11.3 Å². The molecule has 1 aliphatic heterocycles. The minimum absolute atomic E-state index is 0.0388. The molecule has 0 aliphatic carbocycles. The quantitative estimate of drug-likeness (QED) is 0.846. The lowest BCUT2D eigenvalue weighted by atomic mass is 9.98. The highest BCUT2D eigenvalue weighted by Crippen LogP contribution is 2.35. The molecule has 2 aromatic heterocycles. The van der Waals surface area contributed by atoms with Gasteiger partial charge in [0.2, 0.25) is 5.91 Å². The van der Waals surface area contributed by atoms with Gasteiger partial charge in [0.1, 0.15) is 6.54 Å². The maximum Gasteiger partial charge on any atom is 0.331 e. The Labute approximate surface area is 137 Å². The summed E-state index contributed by atoms with van der Waals surface area (Å²) in [7, 11) is 1.42. The van der Waals surface area contributed by atoms with Gasteiger partial charge in [0, 0.05) is 30.7 Å². The first-order chi connectivity index (χ1) is 11.0. The Morgan fingerprint density at radius 1 is 1.35 bits per heavy atom. The van der Waals surface area contributed by atoms with E-state index in [4.69, 9.17) is 0 Å². The van der Waals surface area contributed by atoms with Gasteiger partial charge in [0.05, 0.1) is 6.04 Å². The Hall–Kier alpha value is -2.15. The number of carbonyl (C=O) groups excluding carboxylic acids is 1. The van der Waals surface area contributed by atoms with Crippen LogP contribution in [0.5, 0.6) is 0 Å². The van der Waals surface area contributed by atoms with Crippen LogP contribution in [0.1, 0.15) is 29.8 Å². The number of nitrogens with zero attached hydrogens (tertiary/aromatic N) is 3. The summed E-state index contributed by atoms with van der Waals surface area (Å²) in [6, 6.07) is 3.46. The van der Waals surface area contributed by atoms with Gasteiger partial charge < -0.3 is 4.90 Å².